The highest BCUT2D eigenvalue weighted by atomic mass is 16.5. The third-order valence-corrected chi connectivity index (χ3v) is 2.78. The Morgan fingerprint density at radius 3 is 2.28 bits per heavy atom. The number of fused-ring (bicyclic) bond motifs is 2. The van der Waals surface area contributed by atoms with Crippen LogP contribution >= 0.6 is 0 Å². The SMILES string of the molecule is CCCOc1ccc2nc3ccccc3nc2c1. The predicted molar refractivity (Wildman–Crippen MR) is 72.8 cm³/mol. The summed E-state index contributed by atoms with van der Waals surface area (Å²) in [7, 11) is 0. The summed E-state index contributed by atoms with van der Waals surface area (Å²) in [4.78, 5) is 9.18. The fourth-order valence-corrected chi connectivity index (χ4v) is 1.91. The van der Waals surface area contributed by atoms with Crippen LogP contribution in [0.25, 0.3) is 22.1 Å². The van der Waals surface area contributed by atoms with Crippen molar-refractivity contribution in [1.29, 1.82) is 0 Å². The summed E-state index contributed by atoms with van der Waals surface area (Å²) in [6.07, 6.45) is 1.00. The molecular formula is C15H14N2O. The zero-order chi connectivity index (χ0) is 12.4. The molecule has 0 N–H and O–H groups in total. The van der Waals surface area contributed by atoms with Crippen molar-refractivity contribution in [3.8, 4) is 5.75 Å². The van der Waals surface area contributed by atoms with Gasteiger partial charge in [0.15, 0.2) is 0 Å². The standard InChI is InChI=1S/C15H14N2O/c1-2-9-18-11-7-8-14-15(10-11)17-13-6-4-3-5-12(13)16-14/h3-8,10H,2,9H2,1H3. The van der Waals surface area contributed by atoms with Crippen LogP contribution in [0, 0.1) is 0 Å². The molecule has 0 spiro atoms. The molecule has 1 aromatic heterocycles. The molecule has 3 heteroatoms. The molecule has 2 aromatic carbocycles. The Labute approximate surface area is 105 Å². The first-order valence-corrected chi connectivity index (χ1v) is 6.16. The van der Waals surface area contributed by atoms with Crippen molar-refractivity contribution in [3.63, 3.8) is 0 Å². The van der Waals surface area contributed by atoms with Crippen molar-refractivity contribution in [2.75, 3.05) is 6.61 Å². The summed E-state index contributed by atoms with van der Waals surface area (Å²) in [5.74, 6) is 0.855. The van der Waals surface area contributed by atoms with Gasteiger partial charge in [0.25, 0.3) is 0 Å². The number of para-hydroxylation sites is 2. The molecule has 0 fully saturated rings. The molecule has 3 nitrogen and oxygen atoms in total. The molecule has 0 unspecified atom stereocenters. The highest BCUT2D eigenvalue weighted by Gasteiger charge is 2.02. The fraction of sp³-hybridized carbons (Fsp3) is 0.200. The topological polar surface area (TPSA) is 35.0 Å². The number of nitrogens with zero attached hydrogens (tertiary/aromatic N) is 2. The normalized spacial score (nSPS) is 10.9. The fourth-order valence-electron chi connectivity index (χ4n) is 1.91. The maximum atomic E-state index is 5.61. The molecule has 1 heterocycles. The summed E-state index contributed by atoms with van der Waals surface area (Å²) in [5.41, 5.74) is 3.62. The van der Waals surface area contributed by atoms with Crippen LogP contribution in [-0.2, 0) is 0 Å². The van der Waals surface area contributed by atoms with Gasteiger partial charge in [0.1, 0.15) is 5.75 Å². The Bertz CT molecular complexity index is 694. The Hall–Kier alpha value is -2.16. The van der Waals surface area contributed by atoms with Gasteiger partial charge >= 0.3 is 0 Å². The molecule has 90 valence electrons. The molecule has 0 aliphatic heterocycles. The van der Waals surface area contributed by atoms with E-state index in [4.69, 9.17) is 4.74 Å². The highest BCUT2D eigenvalue weighted by molar-refractivity contribution is 5.86. The lowest BCUT2D eigenvalue weighted by molar-refractivity contribution is 0.318. The molecule has 0 saturated carbocycles. The van der Waals surface area contributed by atoms with Crippen LogP contribution in [0.5, 0.6) is 5.75 Å². The van der Waals surface area contributed by atoms with E-state index in [9.17, 15) is 0 Å². The Morgan fingerprint density at radius 1 is 0.889 bits per heavy atom. The van der Waals surface area contributed by atoms with Crippen LogP contribution < -0.4 is 4.74 Å². The zero-order valence-corrected chi connectivity index (χ0v) is 10.3. The molecule has 0 amide bonds. The third-order valence-electron chi connectivity index (χ3n) is 2.78. The van der Waals surface area contributed by atoms with E-state index in [2.05, 4.69) is 16.9 Å². The number of rotatable bonds is 3. The van der Waals surface area contributed by atoms with Gasteiger partial charge in [-0.1, -0.05) is 19.1 Å². The molecule has 0 aliphatic carbocycles. The zero-order valence-electron chi connectivity index (χ0n) is 10.3. The molecule has 3 aromatic rings. The van der Waals surface area contributed by atoms with E-state index in [0.29, 0.717) is 0 Å². The van der Waals surface area contributed by atoms with Gasteiger partial charge in [-0.2, -0.15) is 0 Å². The quantitative estimate of drug-likeness (QED) is 0.654. The van der Waals surface area contributed by atoms with E-state index in [1.165, 1.54) is 0 Å². The van der Waals surface area contributed by atoms with Gasteiger partial charge < -0.3 is 4.74 Å². The minimum absolute atomic E-state index is 0.729. The van der Waals surface area contributed by atoms with Crippen molar-refractivity contribution in [2.24, 2.45) is 0 Å². The minimum Gasteiger partial charge on any atom is -0.494 e. The van der Waals surface area contributed by atoms with E-state index < -0.39 is 0 Å². The molecule has 0 radical (unpaired) electrons. The second-order valence-corrected chi connectivity index (χ2v) is 4.21. The average molecular weight is 238 g/mol. The predicted octanol–water partition coefficient (Wildman–Crippen LogP) is 3.57. The van der Waals surface area contributed by atoms with Crippen LogP contribution in [0.15, 0.2) is 42.5 Å². The summed E-state index contributed by atoms with van der Waals surface area (Å²) in [6.45, 7) is 2.82. The van der Waals surface area contributed by atoms with Gasteiger partial charge in [0.2, 0.25) is 0 Å². The van der Waals surface area contributed by atoms with E-state index in [0.717, 1.165) is 40.8 Å². The largest absolute Gasteiger partial charge is 0.494 e. The molecule has 0 bridgehead atoms. The van der Waals surface area contributed by atoms with Gasteiger partial charge in [-0.25, -0.2) is 9.97 Å². The lowest BCUT2D eigenvalue weighted by Gasteiger charge is -2.06. The summed E-state index contributed by atoms with van der Waals surface area (Å²) in [6, 6.07) is 13.7. The first-order chi connectivity index (χ1) is 8.86. The van der Waals surface area contributed by atoms with Crippen LogP contribution in [0.4, 0.5) is 0 Å². The minimum atomic E-state index is 0.729. The second kappa shape index (κ2) is 4.61. The van der Waals surface area contributed by atoms with E-state index in [1.807, 2.05) is 42.5 Å². The van der Waals surface area contributed by atoms with Crippen LogP contribution in [0.1, 0.15) is 13.3 Å². The number of hydrogen-bond donors (Lipinski definition) is 0. The third kappa shape index (κ3) is 1.99. The molecular weight excluding hydrogens is 224 g/mol. The lowest BCUT2D eigenvalue weighted by atomic mass is 10.2. The Morgan fingerprint density at radius 2 is 1.56 bits per heavy atom. The maximum Gasteiger partial charge on any atom is 0.121 e. The number of benzene rings is 2. The van der Waals surface area contributed by atoms with E-state index in [1.54, 1.807) is 0 Å². The van der Waals surface area contributed by atoms with Gasteiger partial charge in [-0.05, 0) is 30.7 Å². The summed E-state index contributed by atoms with van der Waals surface area (Å²) >= 11 is 0. The molecule has 0 aliphatic rings. The first-order valence-electron chi connectivity index (χ1n) is 6.16. The highest BCUT2D eigenvalue weighted by Crippen LogP contribution is 2.20. The van der Waals surface area contributed by atoms with Crippen LogP contribution in [0.2, 0.25) is 0 Å². The monoisotopic (exact) mass is 238 g/mol. The van der Waals surface area contributed by atoms with E-state index in [-0.39, 0.29) is 0 Å². The molecule has 3 rings (SSSR count). The molecule has 18 heavy (non-hydrogen) atoms. The van der Waals surface area contributed by atoms with Crippen molar-refractivity contribution in [3.05, 3.63) is 42.5 Å². The van der Waals surface area contributed by atoms with Crippen molar-refractivity contribution in [1.82, 2.24) is 9.97 Å². The molecule has 0 saturated heterocycles. The van der Waals surface area contributed by atoms with Crippen molar-refractivity contribution in [2.45, 2.75) is 13.3 Å². The van der Waals surface area contributed by atoms with Gasteiger partial charge in [0.05, 0.1) is 28.7 Å². The average Bonchev–Trinajstić information content (AvgIpc) is 2.42. The Balaban J connectivity index is 2.12. The van der Waals surface area contributed by atoms with Gasteiger partial charge in [-0.3, -0.25) is 0 Å². The van der Waals surface area contributed by atoms with E-state index >= 15 is 0 Å². The van der Waals surface area contributed by atoms with Crippen LogP contribution in [0.3, 0.4) is 0 Å². The van der Waals surface area contributed by atoms with Gasteiger partial charge in [0, 0.05) is 6.07 Å². The first kappa shape index (κ1) is 11.0. The van der Waals surface area contributed by atoms with Crippen molar-refractivity contribution < 1.29 is 4.74 Å². The number of ether oxygens (including phenoxy) is 1. The Kier molecular flexibility index (Phi) is 2.81. The maximum absolute atomic E-state index is 5.61. The summed E-state index contributed by atoms with van der Waals surface area (Å²) < 4.78 is 5.61. The molecule has 0 atom stereocenters. The number of hydrogen-bond acceptors (Lipinski definition) is 3. The number of aromatic nitrogens is 2. The van der Waals surface area contributed by atoms with Crippen molar-refractivity contribution >= 4 is 22.1 Å². The second-order valence-electron chi connectivity index (χ2n) is 4.21. The van der Waals surface area contributed by atoms with Crippen LogP contribution in [-0.4, -0.2) is 16.6 Å². The smallest absolute Gasteiger partial charge is 0.121 e. The van der Waals surface area contributed by atoms with Gasteiger partial charge in [-0.15, -0.1) is 0 Å². The lowest BCUT2D eigenvalue weighted by Crippen LogP contribution is -1.95. The summed E-state index contributed by atoms with van der Waals surface area (Å²) in [5, 5.41) is 0.